The SMILES string of the molecule is CP(C#N)SN1C=C1. The normalized spacial score (nSPS) is 17.8. The molecule has 1 heterocycles. The Hall–Kier alpha value is -0.190. The molecule has 0 amide bonds. The fourth-order valence-electron chi connectivity index (χ4n) is 0.241. The van der Waals surface area contributed by atoms with Crippen molar-refractivity contribution in [3.05, 3.63) is 12.4 Å². The van der Waals surface area contributed by atoms with E-state index >= 15 is 0 Å². The second kappa shape index (κ2) is 2.39. The van der Waals surface area contributed by atoms with Gasteiger partial charge in [-0.05, 0) is 18.2 Å². The molecule has 0 N–H and O–H groups in total. The van der Waals surface area contributed by atoms with Crippen LogP contribution in [0.15, 0.2) is 12.4 Å². The van der Waals surface area contributed by atoms with Crippen molar-refractivity contribution < 1.29 is 0 Å². The van der Waals surface area contributed by atoms with Crippen LogP contribution in [0.5, 0.6) is 0 Å². The minimum Gasteiger partial charge on any atom is -0.292 e. The maximum Gasteiger partial charge on any atom is 0.100 e. The summed E-state index contributed by atoms with van der Waals surface area (Å²) in [6, 6.07) is 0. The molecular weight excluding hydrogens is 139 g/mol. The standard InChI is InChI=1S/C4H5N2PS/c1-7(4-5)8-6-2-3-6/h2-3H,1H3. The molecule has 1 unspecified atom stereocenters. The van der Waals surface area contributed by atoms with Crippen molar-refractivity contribution >= 4 is 18.7 Å². The van der Waals surface area contributed by atoms with E-state index in [1.165, 1.54) is 0 Å². The van der Waals surface area contributed by atoms with Gasteiger partial charge in [-0.25, -0.2) is 0 Å². The molecule has 0 aromatic rings. The molecule has 1 atom stereocenters. The average Bonchev–Trinajstić information content (AvgIpc) is 2.50. The predicted molar refractivity (Wildman–Crippen MR) is 37.0 cm³/mol. The van der Waals surface area contributed by atoms with Crippen LogP contribution in [0.3, 0.4) is 0 Å². The van der Waals surface area contributed by atoms with E-state index in [0.717, 1.165) is 0 Å². The highest BCUT2D eigenvalue weighted by Crippen LogP contribution is 2.49. The first-order valence-corrected chi connectivity index (χ1v) is 5.28. The number of nitrogens with zero attached hydrogens (tertiary/aromatic N) is 2. The molecule has 0 aliphatic carbocycles. The van der Waals surface area contributed by atoms with Crippen molar-refractivity contribution in [2.45, 2.75) is 0 Å². The van der Waals surface area contributed by atoms with E-state index in [4.69, 9.17) is 5.26 Å². The Morgan fingerprint density at radius 1 is 1.75 bits per heavy atom. The Balaban J connectivity index is 2.10. The Bertz CT molecular complexity index is 145. The van der Waals surface area contributed by atoms with Gasteiger partial charge in [-0.3, -0.25) is 4.31 Å². The summed E-state index contributed by atoms with van der Waals surface area (Å²) in [4.78, 5) is 0. The largest absolute Gasteiger partial charge is 0.292 e. The molecule has 0 saturated heterocycles. The molecular formula is C4H5N2PS. The van der Waals surface area contributed by atoms with E-state index in [-0.39, 0.29) is 0 Å². The van der Waals surface area contributed by atoms with Gasteiger partial charge in [0.15, 0.2) is 0 Å². The Morgan fingerprint density at radius 3 is 2.75 bits per heavy atom. The lowest BCUT2D eigenvalue weighted by Gasteiger charge is -1.99. The van der Waals surface area contributed by atoms with E-state index in [1.807, 2.05) is 23.4 Å². The van der Waals surface area contributed by atoms with E-state index < -0.39 is 7.12 Å². The second-order valence-electron chi connectivity index (χ2n) is 1.34. The summed E-state index contributed by atoms with van der Waals surface area (Å²) in [6.45, 7) is 1.94. The van der Waals surface area contributed by atoms with Gasteiger partial charge >= 0.3 is 0 Å². The first-order valence-electron chi connectivity index (χ1n) is 2.11. The molecule has 0 saturated carbocycles. The van der Waals surface area contributed by atoms with Gasteiger partial charge in [0, 0.05) is 12.4 Å². The molecule has 1 rings (SSSR count). The maximum absolute atomic E-state index is 8.31. The summed E-state index contributed by atoms with van der Waals surface area (Å²) in [5.41, 5.74) is 0. The second-order valence-corrected chi connectivity index (χ2v) is 5.25. The van der Waals surface area contributed by atoms with E-state index in [0.29, 0.717) is 0 Å². The number of nitriles is 1. The maximum atomic E-state index is 8.31. The summed E-state index contributed by atoms with van der Waals surface area (Å²) in [5, 5.41) is 8.31. The Kier molecular flexibility index (Phi) is 1.77. The van der Waals surface area contributed by atoms with Crippen molar-refractivity contribution in [2.24, 2.45) is 0 Å². The quantitative estimate of drug-likeness (QED) is 0.437. The zero-order chi connectivity index (χ0) is 5.98. The number of rotatable bonds is 2. The smallest absolute Gasteiger partial charge is 0.100 e. The van der Waals surface area contributed by atoms with Crippen molar-refractivity contribution in [2.75, 3.05) is 6.66 Å². The van der Waals surface area contributed by atoms with Crippen molar-refractivity contribution in [3.8, 4) is 5.81 Å². The van der Waals surface area contributed by atoms with Crippen LogP contribution in [0.4, 0.5) is 0 Å². The zero-order valence-electron chi connectivity index (χ0n) is 4.40. The lowest BCUT2D eigenvalue weighted by Crippen LogP contribution is -1.72. The summed E-state index contributed by atoms with van der Waals surface area (Å²) in [6.07, 6.45) is 3.89. The molecule has 2 nitrogen and oxygen atoms in total. The molecule has 0 aromatic carbocycles. The molecule has 1 aliphatic rings. The van der Waals surface area contributed by atoms with Crippen LogP contribution in [0, 0.1) is 11.1 Å². The minimum absolute atomic E-state index is 0.470. The molecule has 0 fully saturated rings. The lowest BCUT2D eigenvalue weighted by atomic mass is 11.3. The Morgan fingerprint density at radius 2 is 2.38 bits per heavy atom. The third-order valence-corrected chi connectivity index (χ3v) is 3.13. The van der Waals surface area contributed by atoms with Gasteiger partial charge in [0.2, 0.25) is 0 Å². The van der Waals surface area contributed by atoms with Crippen LogP contribution in [0.25, 0.3) is 0 Å². The van der Waals surface area contributed by atoms with Crippen LogP contribution in [0.2, 0.25) is 0 Å². The molecule has 0 spiro atoms. The highest BCUT2D eigenvalue weighted by atomic mass is 32.7. The van der Waals surface area contributed by atoms with Gasteiger partial charge in [-0.2, -0.15) is 5.26 Å². The minimum atomic E-state index is -0.470. The van der Waals surface area contributed by atoms with Crippen LogP contribution >= 0.6 is 18.7 Å². The molecule has 0 aromatic heterocycles. The lowest BCUT2D eigenvalue weighted by molar-refractivity contribution is 1.05. The van der Waals surface area contributed by atoms with Gasteiger partial charge in [0.05, 0.1) is 7.12 Å². The monoisotopic (exact) mass is 144 g/mol. The van der Waals surface area contributed by atoms with Gasteiger partial charge in [0.1, 0.15) is 5.81 Å². The third kappa shape index (κ3) is 1.73. The predicted octanol–water partition coefficient (Wildman–Crippen LogP) is 1.93. The molecule has 0 bridgehead atoms. The van der Waals surface area contributed by atoms with Gasteiger partial charge in [-0.15, -0.1) is 0 Å². The summed E-state index contributed by atoms with van der Waals surface area (Å²) >= 11 is 1.59. The van der Waals surface area contributed by atoms with E-state index in [1.54, 1.807) is 11.6 Å². The highest BCUT2D eigenvalue weighted by Gasteiger charge is 2.10. The fraction of sp³-hybridized carbons (Fsp3) is 0.250. The topological polar surface area (TPSA) is 26.8 Å². The van der Waals surface area contributed by atoms with Crippen molar-refractivity contribution in [1.29, 1.82) is 5.26 Å². The first kappa shape index (κ1) is 5.94. The first-order chi connectivity index (χ1) is 3.83. The summed E-state index contributed by atoms with van der Waals surface area (Å²) in [5.74, 6) is 2.18. The number of hydrogen-bond donors (Lipinski definition) is 0. The van der Waals surface area contributed by atoms with Crippen LogP contribution < -0.4 is 0 Å². The third-order valence-electron chi connectivity index (χ3n) is 0.628. The van der Waals surface area contributed by atoms with Crippen LogP contribution in [-0.2, 0) is 0 Å². The molecule has 0 radical (unpaired) electrons. The molecule has 8 heavy (non-hydrogen) atoms. The van der Waals surface area contributed by atoms with Gasteiger partial charge in [0.25, 0.3) is 0 Å². The summed E-state index contributed by atoms with van der Waals surface area (Å²) in [7, 11) is -0.470. The van der Waals surface area contributed by atoms with Crippen molar-refractivity contribution in [3.63, 3.8) is 0 Å². The van der Waals surface area contributed by atoms with E-state index in [9.17, 15) is 0 Å². The molecule has 4 heteroatoms. The van der Waals surface area contributed by atoms with Gasteiger partial charge in [-0.1, -0.05) is 0 Å². The van der Waals surface area contributed by atoms with Crippen molar-refractivity contribution in [1.82, 2.24) is 4.31 Å². The zero-order valence-corrected chi connectivity index (χ0v) is 6.12. The highest BCUT2D eigenvalue weighted by molar-refractivity contribution is 8.55. The fourth-order valence-corrected chi connectivity index (χ4v) is 2.01. The average molecular weight is 144 g/mol. The van der Waals surface area contributed by atoms with Crippen LogP contribution in [-0.4, -0.2) is 11.0 Å². The Labute approximate surface area is 53.8 Å². The van der Waals surface area contributed by atoms with E-state index in [2.05, 4.69) is 5.81 Å². The summed E-state index contributed by atoms with van der Waals surface area (Å²) < 4.78 is 1.95. The molecule has 1 aliphatic heterocycles. The van der Waals surface area contributed by atoms with Gasteiger partial charge < -0.3 is 0 Å². The van der Waals surface area contributed by atoms with Crippen LogP contribution in [0.1, 0.15) is 0 Å². The number of hydrogen-bond acceptors (Lipinski definition) is 3. The molecule has 42 valence electrons.